The van der Waals surface area contributed by atoms with E-state index in [0.717, 1.165) is 48.2 Å². The molecule has 10 heteroatoms. The number of halogens is 2. The molecule has 202 valence electrons. The largest absolute Gasteiger partial charge is 0.490 e. The topological polar surface area (TPSA) is 97.6 Å². The summed E-state index contributed by atoms with van der Waals surface area (Å²) in [6, 6.07) is 20.0. The van der Waals surface area contributed by atoms with Gasteiger partial charge in [0.15, 0.2) is 0 Å². The number of nitrogens with one attached hydrogen (secondary N) is 1. The lowest BCUT2D eigenvalue weighted by Gasteiger charge is -2.40. The van der Waals surface area contributed by atoms with Crippen molar-refractivity contribution in [1.29, 1.82) is 5.26 Å². The number of ether oxygens (including phenoxy) is 2. The van der Waals surface area contributed by atoms with Crippen LogP contribution in [0.5, 0.6) is 11.5 Å². The summed E-state index contributed by atoms with van der Waals surface area (Å²) in [6.07, 6.45) is 2.82. The van der Waals surface area contributed by atoms with Crippen molar-refractivity contribution in [3.8, 4) is 17.6 Å². The number of hydrogen-bond donors (Lipinski definition) is 2. The van der Waals surface area contributed by atoms with Gasteiger partial charge in [-0.05, 0) is 53.6 Å². The number of piperazine rings is 1. The number of nitriles is 1. The lowest BCUT2D eigenvalue weighted by Crippen LogP contribution is -2.50. The first-order chi connectivity index (χ1) is 19.0. The van der Waals surface area contributed by atoms with Crippen LogP contribution in [0.15, 0.2) is 73.1 Å². The Bertz CT molecular complexity index is 1400. The molecule has 3 heterocycles. The van der Waals surface area contributed by atoms with E-state index in [2.05, 4.69) is 30.6 Å². The number of rotatable bonds is 10. The molecule has 0 saturated carbocycles. The molecule has 8 nitrogen and oxygen atoms in total. The van der Waals surface area contributed by atoms with Crippen LogP contribution in [0, 0.1) is 11.3 Å². The van der Waals surface area contributed by atoms with Crippen LogP contribution in [0.25, 0.3) is 10.9 Å². The Hall–Kier alpha value is -4.04. The molecular weight excluding hydrogens is 504 g/mol. The van der Waals surface area contributed by atoms with Crippen LogP contribution < -0.4 is 9.47 Å². The lowest BCUT2D eigenvalue weighted by molar-refractivity contribution is -0.0498. The molecule has 1 aliphatic rings. The van der Waals surface area contributed by atoms with E-state index in [1.54, 1.807) is 30.6 Å². The zero-order valence-electron chi connectivity index (χ0n) is 21.2. The Labute approximate surface area is 225 Å². The predicted octanol–water partition coefficient (Wildman–Crippen LogP) is 4.18. The normalized spacial score (nSPS) is 16.2. The van der Waals surface area contributed by atoms with Gasteiger partial charge in [0.25, 0.3) is 0 Å². The van der Waals surface area contributed by atoms with E-state index < -0.39 is 12.7 Å². The van der Waals surface area contributed by atoms with Gasteiger partial charge in [0.1, 0.15) is 36.0 Å². The third-order valence-corrected chi connectivity index (χ3v) is 6.86. The van der Waals surface area contributed by atoms with E-state index in [4.69, 9.17) is 10.00 Å². The molecule has 1 aliphatic heterocycles. The van der Waals surface area contributed by atoms with E-state index in [9.17, 15) is 13.9 Å². The van der Waals surface area contributed by atoms with Gasteiger partial charge in [-0.3, -0.25) is 14.8 Å². The smallest absolute Gasteiger partial charge is 0.387 e. The molecule has 1 saturated heterocycles. The molecule has 0 bridgehead atoms. The van der Waals surface area contributed by atoms with Crippen LogP contribution in [0.1, 0.15) is 22.9 Å². The van der Waals surface area contributed by atoms with Gasteiger partial charge in [-0.25, -0.2) is 0 Å². The van der Waals surface area contributed by atoms with Crippen molar-refractivity contribution in [1.82, 2.24) is 19.8 Å². The van der Waals surface area contributed by atoms with E-state index >= 15 is 0 Å². The first-order valence-electron chi connectivity index (χ1n) is 12.7. The monoisotopic (exact) mass is 533 g/mol. The van der Waals surface area contributed by atoms with Crippen molar-refractivity contribution < 1.29 is 23.4 Å². The minimum absolute atomic E-state index is 0.0656. The summed E-state index contributed by atoms with van der Waals surface area (Å²) in [5, 5.41) is 20.7. The molecule has 0 amide bonds. The molecule has 0 aliphatic carbocycles. The first kappa shape index (κ1) is 26.6. The Morgan fingerprint density at radius 3 is 2.41 bits per heavy atom. The third kappa shape index (κ3) is 6.52. The van der Waals surface area contributed by atoms with Gasteiger partial charge in [-0.15, -0.1) is 0 Å². The SMILES string of the molecule is N#Cc1cc2c(OCC(O)CN3CCN(C(c4ccncc4)c4ccc(OC(F)F)cc4)CC3)cccc2[nH]1. The van der Waals surface area contributed by atoms with Crippen molar-refractivity contribution in [3.05, 3.63) is 89.9 Å². The van der Waals surface area contributed by atoms with Gasteiger partial charge in [-0.2, -0.15) is 14.0 Å². The molecule has 4 aromatic rings. The highest BCUT2D eigenvalue weighted by atomic mass is 19.3. The van der Waals surface area contributed by atoms with Crippen LogP contribution >= 0.6 is 0 Å². The second kappa shape index (κ2) is 12.2. The maximum absolute atomic E-state index is 12.6. The molecule has 0 radical (unpaired) electrons. The molecule has 2 N–H and O–H groups in total. The molecule has 2 unspecified atom stereocenters. The Morgan fingerprint density at radius 1 is 1.00 bits per heavy atom. The fourth-order valence-corrected chi connectivity index (χ4v) is 5.05. The van der Waals surface area contributed by atoms with Crippen LogP contribution in [0.4, 0.5) is 8.78 Å². The zero-order chi connectivity index (χ0) is 27.2. The molecule has 2 atom stereocenters. The Morgan fingerprint density at radius 2 is 1.72 bits per heavy atom. The van der Waals surface area contributed by atoms with Crippen molar-refractivity contribution >= 4 is 10.9 Å². The number of H-pyrrole nitrogens is 1. The van der Waals surface area contributed by atoms with Crippen LogP contribution in [0.3, 0.4) is 0 Å². The van der Waals surface area contributed by atoms with Gasteiger partial charge >= 0.3 is 6.61 Å². The summed E-state index contributed by atoms with van der Waals surface area (Å²) in [4.78, 5) is 11.7. The highest BCUT2D eigenvalue weighted by molar-refractivity contribution is 5.87. The highest BCUT2D eigenvalue weighted by Gasteiger charge is 2.27. The number of hydrogen-bond acceptors (Lipinski definition) is 7. The lowest BCUT2D eigenvalue weighted by atomic mass is 9.97. The van der Waals surface area contributed by atoms with E-state index in [0.29, 0.717) is 18.0 Å². The van der Waals surface area contributed by atoms with Crippen LogP contribution in [0.2, 0.25) is 0 Å². The van der Waals surface area contributed by atoms with E-state index in [-0.39, 0.29) is 18.4 Å². The van der Waals surface area contributed by atoms with E-state index in [1.165, 1.54) is 0 Å². The number of β-amino-alcohol motifs (C(OH)–C–C–N with tert-alkyl or cyclic N) is 1. The van der Waals surface area contributed by atoms with Crippen molar-refractivity contribution in [2.24, 2.45) is 0 Å². The van der Waals surface area contributed by atoms with Crippen molar-refractivity contribution in [2.45, 2.75) is 18.8 Å². The number of pyridine rings is 1. The fraction of sp³-hybridized carbons (Fsp3) is 0.310. The number of aliphatic hydroxyl groups excluding tert-OH is 1. The number of fused-ring (bicyclic) bond motifs is 1. The summed E-state index contributed by atoms with van der Waals surface area (Å²) in [5.41, 5.74) is 3.31. The molecular formula is C29H29F2N5O3. The van der Waals surface area contributed by atoms with E-state index in [1.807, 2.05) is 42.5 Å². The molecule has 1 fully saturated rings. The van der Waals surface area contributed by atoms with Gasteiger partial charge in [0.05, 0.1) is 11.6 Å². The number of aliphatic hydroxyl groups is 1. The van der Waals surface area contributed by atoms with Gasteiger partial charge in [0.2, 0.25) is 0 Å². The number of aromatic amines is 1. The van der Waals surface area contributed by atoms with Gasteiger partial charge in [-0.1, -0.05) is 18.2 Å². The van der Waals surface area contributed by atoms with Gasteiger partial charge < -0.3 is 19.6 Å². The molecule has 0 spiro atoms. The standard InChI is InChI=1S/C29H29F2N5O3/c30-29(31)39-24-6-4-20(5-7-24)28(21-8-10-33-11-9-21)36-14-12-35(13-15-36)18-23(37)19-38-27-3-1-2-26-25(27)16-22(17-32)34-26/h1-11,16,23,28-29,34,37H,12-15,18-19H2. The Balaban J connectivity index is 1.19. The first-order valence-corrected chi connectivity index (χ1v) is 12.7. The number of alkyl halides is 2. The minimum Gasteiger partial charge on any atom is -0.490 e. The summed E-state index contributed by atoms with van der Waals surface area (Å²) in [5.74, 6) is 0.751. The molecule has 2 aromatic carbocycles. The maximum Gasteiger partial charge on any atom is 0.387 e. The number of nitrogens with zero attached hydrogens (tertiary/aromatic N) is 4. The summed E-state index contributed by atoms with van der Waals surface area (Å²) >= 11 is 0. The second-order valence-corrected chi connectivity index (χ2v) is 9.44. The van der Waals surface area contributed by atoms with Crippen molar-refractivity contribution in [2.75, 3.05) is 39.3 Å². The average molecular weight is 534 g/mol. The van der Waals surface area contributed by atoms with Crippen molar-refractivity contribution in [3.63, 3.8) is 0 Å². The molecule has 5 rings (SSSR count). The summed E-state index contributed by atoms with van der Waals surface area (Å²) in [7, 11) is 0. The van der Waals surface area contributed by atoms with Crippen LogP contribution in [-0.4, -0.2) is 76.9 Å². The Kier molecular flexibility index (Phi) is 8.32. The second-order valence-electron chi connectivity index (χ2n) is 9.44. The average Bonchev–Trinajstić information content (AvgIpc) is 3.38. The summed E-state index contributed by atoms with van der Waals surface area (Å²) < 4.78 is 35.6. The molecule has 39 heavy (non-hydrogen) atoms. The maximum atomic E-state index is 12.6. The molecule has 2 aromatic heterocycles. The number of benzene rings is 2. The fourth-order valence-electron chi connectivity index (χ4n) is 5.05. The quantitative estimate of drug-likeness (QED) is 0.316. The summed E-state index contributed by atoms with van der Waals surface area (Å²) in [6.45, 7) is 0.776. The highest BCUT2D eigenvalue weighted by Crippen LogP contribution is 2.31. The predicted molar refractivity (Wildman–Crippen MR) is 142 cm³/mol. The minimum atomic E-state index is -2.86. The third-order valence-electron chi connectivity index (χ3n) is 6.86. The van der Waals surface area contributed by atoms with Crippen LogP contribution in [-0.2, 0) is 0 Å². The number of aromatic nitrogens is 2. The van der Waals surface area contributed by atoms with Gasteiger partial charge in [0, 0.05) is 50.5 Å². The zero-order valence-corrected chi connectivity index (χ0v) is 21.2.